The summed E-state index contributed by atoms with van der Waals surface area (Å²) < 4.78 is 14.1. The van der Waals surface area contributed by atoms with Crippen molar-refractivity contribution >= 4 is 27.5 Å². The van der Waals surface area contributed by atoms with Crippen LogP contribution in [0.2, 0.25) is 5.15 Å². The van der Waals surface area contributed by atoms with E-state index in [9.17, 15) is 4.39 Å². The topological polar surface area (TPSA) is 25.8 Å². The van der Waals surface area contributed by atoms with E-state index in [0.717, 1.165) is 18.5 Å². The molecule has 0 spiro atoms. The third-order valence-electron chi connectivity index (χ3n) is 3.67. The number of rotatable bonds is 2. The fourth-order valence-electron chi connectivity index (χ4n) is 2.63. The molecule has 2 aromatic rings. The average molecular weight is 356 g/mol. The molecule has 0 aliphatic heterocycles. The van der Waals surface area contributed by atoms with Gasteiger partial charge in [-0.1, -0.05) is 24.4 Å². The Balaban J connectivity index is 2.02. The highest BCUT2D eigenvalue weighted by molar-refractivity contribution is 9.10. The minimum absolute atomic E-state index is 0.325. The van der Waals surface area contributed by atoms with Crippen LogP contribution in [0.3, 0.4) is 0 Å². The summed E-state index contributed by atoms with van der Waals surface area (Å²) in [6, 6.07) is 6.70. The van der Waals surface area contributed by atoms with Crippen molar-refractivity contribution < 1.29 is 4.39 Å². The Morgan fingerprint density at radius 2 is 1.90 bits per heavy atom. The number of halogens is 3. The Kier molecular flexibility index (Phi) is 4.03. The van der Waals surface area contributed by atoms with E-state index in [1.807, 2.05) is 6.07 Å². The van der Waals surface area contributed by atoms with E-state index < -0.39 is 0 Å². The van der Waals surface area contributed by atoms with Crippen LogP contribution < -0.4 is 0 Å². The van der Waals surface area contributed by atoms with Crippen molar-refractivity contribution in [1.82, 2.24) is 9.97 Å². The molecule has 1 aromatic heterocycles. The maximum absolute atomic E-state index is 13.6. The lowest BCUT2D eigenvalue weighted by Crippen LogP contribution is -2.00. The fraction of sp³-hybridized carbons (Fsp3) is 0.333. The molecule has 1 aliphatic rings. The molecule has 0 bridgehead atoms. The summed E-state index contributed by atoms with van der Waals surface area (Å²) in [5.74, 6) is 0.619. The van der Waals surface area contributed by atoms with Gasteiger partial charge in [-0.2, -0.15) is 0 Å². The fourth-order valence-corrected chi connectivity index (χ4v) is 3.07. The van der Waals surface area contributed by atoms with Gasteiger partial charge in [-0.05, 0) is 53.0 Å². The van der Waals surface area contributed by atoms with Gasteiger partial charge >= 0.3 is 0 Å². The maximum atomic E-state index is 13.6. The zero-order valence-corrected chi connectivity index (χ0v) is 13.1. The number of nitrogens with zero attached hydrogens (tertiary/aromatic N) is 2. The Bertz CT molecular complexity index is 642. The molecule has 1 aliphatic carbocycles. The third kappa shape index (κ3) is 2.86. The monoisotopic (exact) mass is 354 g/mol. The van der Waals surface area contributed by atoms with Gasteiger partial charge in [0.05, 0.1) is 4.47 Å². The predicted octanol–water partition coefficient (Wildman–Crippen LogP) is 5.36. The van der Waals surface area contributed by atoms with Crippen molar-refractivity contribution in [2.45, 2.75) is 31.6 Å². The first kappa shape index (κ1) is 14.0. The standard InChI is InChI=1S/C15H13BrClFN2/c16-11-6-5-10(7-12(11)18)15-19-13(8-14(17)20-15)9-3-1-2-4-9/h5-9H,1-4H2. The zero-order chi connectivity index (χ0) is 14.1. The molecule has 0 unspecified atom stereocenters. The Labute approximate surface area is 130 Å². The summed E-state index contributed by atoms with van der Waals surface area (Å²) in [6.07, 6.45) is 4.74. The first-order chi connectivity index (χ1) is 9.63. The minimum atomic E-state index is -0.325. The molecule has 20 heavy (non-hydrogen) atoms. The summed E-state index contributed by atoms with van der Waals surface area (Å²) in [4.78, 5) is 8.80. The molecule has 1 heterocycles. The Morgan fingerprint density at radius 1 is 1.15 bits per heavy atom. The van der Waals surface area contributed by atoms with E-state index in [4.69, 9.17) is 11.6 Å². The van der Waals surface area contributed by atoms with Gasteiger partial charge in [0.15, 0.2) is 5.82 Å². The van der Waals surface area contributed by atoms with E-state index in [-0.39, 0.29) is 5.82 Å². The van der Waals surface area contributed by atoms with Crippen molar-refractivity contribution in [3.05, 3.63) is 45.4 Å². The summed E-state index contributed by atoms with van der Waals surface area (Å²) in [5, 5.41) is 0.417. The highest BCUT2D eigenvalue weighted by Gasteiger charge is 2.20. The van der Waals surface area contributed by atoms with Gasteiger partial charge in [0.1, 0.15) is 11.0 Å². The van der Waals surface area contributed by atoms with E-state index in [2.05, 4.69) is 25.9 Å². The van der Waals surface area contributed by atoms with Crippen molar-refractivity contribution in [1.29, 1.82) is 0 Å². The van der Waals surface area contributed by atoms with Gasteiger partial charge in [0.25, 0.3) is 0 Å². The van der Waals surface area contributed by atoms with Crippen LogP contribution in [0.15, 0.2) is 28.7 Å². The number of benzene rings is 1. The number of hydrogen-bond donors (Lipinski definition) is 0. The summed E-state index contributed by atoms with van der Waals surface area (Å²) >= 11 is 9.24. The van der Waals surface area contributed by atoms with Gasteiger partial charge in [0.2, 0.25) is 0 Å². The lowest BCUT2D eigenvalue weighted by atomic mass is 10.0. The summed E-state index contributed by atoms with van der Waals surface area (Å²) in [6.45, 7) is 0. The normalized spacial score (nSPS) is 15.8. The van der Waals surface area contributed by atoms with Crippen molar-refractivity contribution in [3.63, 3.8) is 0 Å². The van der Waals surface area contributed by atoms with Crippen molar-refractivity contribution in [3.8, 4) is 11.4 Å². The van der Waals surface area contributed by atoms with Gasteiger partial charge in [-0.3, -0.25) is 0 Å². The molecule has 5 heteroatoms. The first-order valence-electron chi connectivity index (χ1n) is 6.63. The van der Waals surface area contributed by atoms with Crippen LogP contribution in [0.1, 0.15) is 37.3 Å². The second-order valence-electron chi connectivity index (χ2n) is 5.05. The summed E-state index contributed by atoms with van der Waals surface area (Å²) in [7, 11) is 0. The lowest BCUT2D eigenvalue weighted by Gasteiger charge is -2.10. The molecular formula is C15H13BrClFN2. The molecular weight excluding hydrogens is 343 g/mol. The molecule has 0 radical (unpaired) electrons. The lowest BCUT2D eigenvalue weighted by molar-refractivity contribution is 0.621. The quantitative estimate of drug-likeness (QED) is 0.678. The van der Waals surface area contributed by atoms with Gasteiger partial charge in [-0.25, -0.2) is 14.4 Å². The molecule has 1 saturated carbocycles. The highest BCUT2D eigenvalue weighted by Crippen LogP contribution is 2.34. The number of aromatic nitrogens is 2. The molecule has 0 amide bonds. The van der Waals surface area contributed by atoms with Crippen LogP contribution >= 0.6 is 27.5 Å². The summed E-state index contributed by atoms with van der Waals surface area (Å²) in [5.41, 5.74) is 1.62. The second-order valence-corrected chi connectivity index (χ2v) is 6.29. The number of hydrogen-bond acceptors (Lipinski definition) is 2. The van der Waals surface area contributed by atoms with Crippen molar-refractivity contribution in [2.24, 2.45) is 0 Å². The SMILES string of the molecule is Fc1cc(-c2nc(Cl)cc(C3CCCC3)n2)ccc1Br. The largest absolute Gasteiger partial charge is 0.233 e. The van der Waals surface area contributed by atoms with E-state index in [1.54, 1.807) is 12.1 Å². The molecule has 0 saturated heterocycles. The Hall–Kier alpha value is -1.00. The van der Waals surface area contributed by atoms with E-state index >= 15 is 0 Å². The van der Waals surface area contributed by atoms with Crippen LogP contribution in [-0.4, -0.2) is 9.97 Å². The van der Waals surface area contributed by atoms with Crippen LogP contribution in [0.4, 0.5) is 4.39 Å². The molecule has 1 fully saturated rings. The third-order valence-corrected chi connectivity index (χ3v) is 4.50. The van der Waals surface area contributed by atoms with Gasteiger partial charge in [0, 0.05) is 17.2 Å². The van der Waals surface area contributed by atoms with Gasteiger partial charge in [-0.15, -0.1) is 0 Å². The predicted molar refractivity (Wildman–Crippen MR) is 81.3 cm³/mol. The molecule has 2 nitrogen and oxygen atoms in total. The van der Waals surface area contributed by atoms with Crippen LogP contribution in [0, 0.1) is 5.82 Å². The minimum Gasteiger partial charge on any atom is -0.233 e. The van der Waals surface area contributed by atoms with Gasteiger partial charge < -0.3 is 0 Å². The molecule has 0 N–H and O–H groups in total. The Morgan fingerprint density at radius 3 is 2.60 bits per heavy atom. The highest BCUT2D eigenvalue weighted by atomic mass is 79.9. The smallest absolute Gasteiger partial charge is 0.161 e. The molecule has 3 rings (SSSR count). The van der Waals surface area contributed by atoms with Crippen molar-refractivity contribution in [2.75, 3.05) is 0 Å². The molecule has 1 aromatic carbocycles. The van der Waals surface area contributed by atoms with Crippen LogP contribution in [0.5, 0.6) is 0 Å². The molecule has 0 atom stereocenters. The van der Waals surface area contributed by atoms with Crippen LogP contribution in [0.25, 0.3) is 11.4 Å². The first-order valence-corrected chi connectivity index (χ1v) is 7.80. The second kappa shape index (κ2) is 5.78. The maximum Gasteiger partial charge on any atom is 0.161 e. The zero-order valence-electron chi connectivity index (χ0n) is 10.7. The average Bonchev–Trinajstić information content (AvgIpc) is 2.95. The van der Waals surface area contributed by atoms with E-state index in [1.165, 1.54) is 18.9 Å². The van der Waals surface area contributed by atoms with E-state index in [0.29, 0.717) is 26.9 Å². The molecule has 104 valence electrons. The van der Waals surface area contributed by atoms with Crippen LogP contribution in [-0.2, 0) is 0 Å².